The molecule has 4 rings (SSSR count). The van der Waals surface area contributed by atoms with Gasteiger partial charge in [0.05, 0.1) is 15.6 Å². The van der Waals surface area contributed by atoms with Gasteiger partial charge in [-0.25, -0.2) is 12.8 Å². The van der Waals surface area contributed by atoms with Gasteiger partial charge in [0.1, 0.15) is 12.4 Å². The van der Waals surface area contributed by atoms with Gasteiger partial charge in [0, 0.05) is 31.9 Å². The van der Waals surface area contributed by atoms with Gasteiger partial charge in [-0.05, 0) is 42.5 Å². The van der Waals surface area contributed by atoms with Crippen molar-refractivity contribution >= 4 is 38.9 Å². The van der Waals surface area contributed by atoms with E-state index in [0.29, 0.717) is 26.2 Å². The summed E-state index contributed by atoms with van der Waals surface area (Å²) in [5.41, 5.74) is 1.21. The maximum absolute atomic E-state index is 13.7. The lowest BCUT2D eigenvalue weighted by Crippen LogP contribution is -2.52. The molecule has 33 heavy (non-hydrogen) atoms. The van der Waals surface area contributed by atoms with Crippen molar-refractivity contribution in [3.8, 4) is 0 Å². The smallest absolute Gasteiger partial charge is 0.264 e. The fraction of sp³-hybridized carbons (Fsp3) is 0.208. The van der Waals surface area contributed by atoms with E-state index in [-0.39, 0.29) is 21.5 Å². The zero-order chi connectivity index (χ0) is 23.4. The summed E-state index contributed by atoms with van der Waals surface area (Å²) in [6.45, 7) is 1.81. The summed E-state index contributed by atoms with van der Waals surface area (Å²) in [5, 5.41) is -0.218. The molecule has 1 aliphatic rings. The molecule has 0 spiro atoms. The number of carbonyl (C=O) groups is 1. The minimum absolute atomic E-state index is 0.0344. The zero-order valence-corrected chi connectivity index (χ0v) is 19.3. The van der Waals surface area contributed by atoms with Crippen molar-refractivity contribution < 1.29 is 17.6 Å². The molecule has 3 aromatic carbocycles. The molecule has 0 N–H and O–H groups in total. The van der Waals surface area contributed by atoms with Gasteiger partial charge in [-0.2, -0.15) is 0 Å². The van der Waals surface area contributed by atoms with E-state index in [4.69, 9.17) is 11.6 Å². The van der Waals surface area contributed by atoms with Gasteiger partial charge in [-0.15, -0.1) is 0 Å². The highest BCUT2D eigenvalue weighted by Gasteiger charge is 2.30. The summed E-state index contributed by atoms with van der Waals surface area (Å²) in [6, 6.07) is 21.4. The number of sulfonamides is 1. The van der Waals surface area contributed by atoms with Gasteiger partial charge < -0.3 is 9.80 Å². The summed E-state index contributed by atoms with van der Waals surface area (Å²) in [5.74, 6) is -0.997. The van der Waals surface area contributed by atoms with Crippen LogP contribution in [0.15, 0.2) is 83.8 Å². The van der Waals surface area contributed by atoms with Crippen LogP contribution in [0.4, 0.5) is 15.8 Å². The Hall–Kier alpha value is -3.10. The lowest BCUT2D eigenvalue weighted by atomic mass is 10.2. The summed E-state index contributed by atoms with van der Waals surface area (Å²) in [4.78, 5) is 17.0. The molecule has 1 fully saturated rings. The number of nitrogens with zero attached hydrogens (tertiary/aromatic N) is 3. The van der Waals surface area contributed by atoms with Crippen LogP contribution in [-0.2, 0) is 14.8 Å². The lowest BCUT2D eigenvalue weighted by Gasteiger charge is -2.37. The highest BCUT2D eigenvalue weighted by atomic mass is 35.5. The summed E-state index contributed by atoms with van der Waals surface area (Å²) in [6.07, 6.45) is 0. The molecule has 1 heterocycles. The monoisotopic (exact) mass is 487 g/mol. The van der Waals surface area contributed by atoms with E-state index in [0.717, 1.165) is 16.1 Å². The lowest BCUT2D eigenvalue weighted by molar-refractivity contribution is -0.129. The van der Waals surface area contributed by atoms with E-state index in [1.165, 1.54) is 24.3 Å². The van der Waals surface area contributed by atoms with Crippen LogP contribution in [0.2, 0.25) is 5.02 Å². The van der Waals surface area contributed by atoms with Crippen molar-refractivity contribution in [2.75, 3.05) is 41.9 Å². The second-order valence-electron chi connectivity index (χ2n) is 7.63. The first kappa shape index (κ1) is 23.1. The second-order valence-corrected chi connectivity index (χ2v) is 9.90. The molecule has 0 aliphatic carbocycles. The van der Waals surface area contributed by atoms with Gasteiger partial charge >= 0.3 is 0 Å². The van der Waals surface area contributed by atoms with Crippen molar-refractivity contribution in [1.29, 1.82) is 0 Å². The molecular formula is C24H23ClFN3O3S. The number of benzene rings is 3. The Morgan fingerprint density at radius 1 is 0.909 bits per heavy atom. The van der Waals surface area contributed by atoms with E-state index in [2.05, 4.69) is 4.90 Å². The first-order chi connectivity index (χ1) is 15.9. The molecule has 0 bridgehead atoms. The van der Waals surface area contributed by atoms with Crippen LogP contribution in [0.1, 0.15) is 0 Å². The van der Waals surface area contributed by atoms with Crippen LogP contribution in [0.5, 0.6) is 0 Å². The van der Waals surface area contributed by atoms with Gasteiger partial charge in [0.25, 0.3) is 10.0 Å². The Morgan fingerprint density at radius 3 is 2.12 bits per heavy atom. The van der Waals surface area contributed by atoms with Gasteiger partial charge in [0.15, 0.2) is 0 Å². The van der Waals surface area contributed by atoms with Crippen LogP contribution in [0.25, 0.3) is 0 Å². The van der Waals surface area contributed by atoms with Crippen molar-refractivity contribution in [3.05, 3.63) is 89.7 Å². The van der Waals surface area contributed by atoms with Gasteiger partial charge in [0.2, 0.25) is 5.91 Å². The first-order valence-corrected chi connectivity index (χ1v) is 12.3. The number of carbonyl (C=O) groups excluding carboxylic acids is 1. The Labute approximate surface area is 197 Å². The van der Waals surface area contributed by atoms with Gasteiger partial charge in [-0.1, -0.05) is 48.0 Å². The third kappa shape index (κ3) is 5.12. The number of halogens is 2. The van der Waals surface area contributed by atoms with Gasteiger partial charge in [-0.3, -0.25) is 9.10 Å². The fourth-order valence-corrected chi connectivity index (χ4v) is 5.35. The van der Waals surface area contributed by atoms with E-state index in [1.807, 2.05) is 30.3 Å². The fourth-order valence-electron chi connectivity index (χ4n) is 3.75. The minimum atomic E-state index is -4.08. The number of amides is 1. The largest absolute Gasteiger partial charge is 0.368 e. The molecule has 172 valence electrons. The van der Waals surface area contributed by atoms with E-state index in [9.17, 15) is 17.6 Å². The van der Waals surface area contributed by atoms with Crippen LogP contribution in [0.3, 0.4) is 0 Å². The van der Waals surface area contributed by atoms with Crippen LogP contribution >= 0.6 is 11.6 Å². The average Bonchev–Trinajstić information content (AvgIpc) is 2.85. The molecule has 1 amide bonds. The highest BCUT2D eigenvalue weighted by molar-refractivity contribution is 7.92. The molecule has 9 heteroatoms. The molecule has 1 aliphatic heterocycles. The average molecular weight is 488 g/mol. The Morgan fingerprint density at radius 2 is 1.52 bits per heavy atom. The normalized spacial score (nSPS) is 14.2. The Kier molecular flexibility index (Phi) is 6.85. The standard InChI is InChI=1S/C24H23ClFN3O3S/c25-22-17-20(11-12-23(22)26)29(33(31,32)21-9-5-2-6-10-21)18-24(30)28-15-13-27(14-16-28)19-7-3-1-4-8-19/h1-12,17H,13-16,18H2. The molecule has 0 radical (unpaired) electrons. The van der Waals surface area contributed by atoms with Crippen molar-refractivity contribution in [1.82, 2.24) is 4.90 Å². The van der Waals surface area contributed by atoms with E-state index < -0.39 is 22.4 Å². The number of anilines is 2. The van der Waals surface area contributed by atoms with Crippen LogP contribution < -0.4 is 9.21 Å². The molecule has 1 saturated heterocycles. The van der Waals surface area contributed by atoms with E-state index in [1.54, 1.807) is 23.1 Å². The number of rotatable bonds is 6. The van der Waals surface area contributed by atoms with E-state index >= 15 is 0 Å². The predicted octanol–water partition coefficient (Wildman–Crippen LogP) is 4.02. The van der Waals surface area contributed by atoms with Crippen LogP contribution in [0, 0.1) is 5.82 Å². The maximum Gasteiger partial charge on any atom is 0.264 e. The molecule has 0 aromatic heterocycles. The SMILES string of the molecule is O=C(CN(c1ccc(F)c(Cl)c1)S(=O)(=O)c1ccccc1)N1CCN(c2ccccc2)CC1. The Bertz CT molecular complexity index is 1220. The topological polar surface area (TPSA) is 60.9 Å². The van der Waals surface area contributed by atoms with Crippen LogP contribution in [-0.4, -0.2) is 51.9 Å². The summed E-state index contributed by atoms with van der Waals surface area (Å²) in [7, 11) is -4.08. The molecule has 0 unspecified atom stereocenters. The Balaban J connectivity index is 1.55. The van der Waals surface area contributed by atoms with Crippen molar-refractivity contribution in [2.24, 2.45) is 0 Å². The molecule has 3 aromatic rings. The predicted molar refractivity (Wildman–Crippen MR) is 128 cm³/mol. The minimum Gasteiger partial charge on any atom is -0.368 e. The van der Waals surface area contributed by atoms with Crippen molar-refractivity contribution in [3.63, 3.8) is 0 Å². The highest BCUT2D eigenvalue weighted by Crippen LogP contribution is 2.28. The zero-order valence-electron chi connectivity index (χ0n) is 17.8. The molecule has 0 saturated carbocycles. The maximum atomic E-state index is 13.7. The summed E-state index contributed by atoms with van der Waals surface area (Å²) >= 11 is 5.92. The third-order valence-electron chi connectivity index (χ3n) is 5.55. The summed E-state index contributed by atoms with van der Waals surface area (Å²) < 4.78 is 41.5. The molecular weight excluding hydrogens is 465 g/mol. The second kappa shape index (κ2) is 9.80. The number of hydrogen-bond acceptors (Lipinski definition) is 4. The quantitative estimate of drug-likeness (QED) is 0.527. The first-order valence-electron chi connectivity index (χ1n) is 10.5. The number of piperazine rings is 1. The third-order valence-corrected chi connectivity index (χ3v) is 7.63. The molecule has 6 nitrogen and oxygen atoms in total. The molecule has 0 atom stereocenters. The van der Waals surface area contributed by atoms with Crippen molar-refractivity contribution in [2.45, 2.75) is 4.90 Å². The number of hydrogen-bond donors (Lipinski definition) is 0. The number of para-hydroxylation sites is 1.